The molecule has 3 rings (SSSR count). The second-order valence-electron chi connectivity index (χ2n) is 6.28. The van der Waals surface area contributed by atoms with Gasteiger partial charge in [-0.2, -0.15) is 0 Å². The van der Waals surface area contributed by atoms with Gasteiger partial charge in [0.2, 0.25) is 0 Å². The predicted octanol–water partition coefficient (Wildman–Crippen LogP) is 3.32. The first-order valence-corrected chi connectivity index (χ1v) is 8.21. The molecule has 0 aromatic heterocycles. The summed E-state index contributed by atoms with van der Waals surface area (Å²) in [5, 5.41) is 0. The molecule has 20 heavy (non-hydrogen) atoms. The van der Waals surface area contributed by atoms with E-state index >= 15 is 0 Å². The number of hydrogen-bond acceptors (Lipinski definition) is 3. The van der Waals surface area contributed by atoms with Crippen LogP contribution in [0.5, 0.6) is 0 Å². The summed E-state index contributed by atoms with van der Waals surface area (Å²) in [7, 11) is 0. The molecule has 1 aliphatic heterocycles. The van der Waals surface area contributed by atoms with Gasteiger partial charge in [0.15, 0.2) is 5.96 Å². The van der Waals surface area contributed by atoms with Gasteiger partial charge in [0.1, 0.15) is 0 Å². The highest BCUT2D eigenvalue weighted by atomic mass is 79.9. The Morgan fingerprint density at radius 3 is 2.60 bits per heavy atom. The van der Waals surface area contributed by atoms with Crippen LogP contribution in [-0.4, -0.2) is 29.0 Å². The Morgan fingerprint density at radius 2 is 1.95 bits per heavy atom. The van der Waals surface area contributed by atoms with Crippen molar-refractivity contribution in [1.82, 2.24) is 4.90 Å². The van der Waals surface area contributed by atoms with Gasteiger partial charge < -0.3 is 10.6 Å². The molecular weight excluding hydrogens is 314 g/mol. The van der Waals surface area contributed by atoms with Crippen molar-refractivity contribution >= 4 is 21.9 Å². The predicted molar refractivity (Wildman–Crippen MR) is 86.8 cm³/mol. The van der Waals surface area contributed by atoms with Crippen LogP contribution in [0.2, 0.25) is 0 Å². The SMILES string of the molecule is CC1(Cc2ccc(Br)cc2)CN=C(N)N1C1CCCC1. The summed E-state index contributed by atoms with van der Waals surface area (Å²) in [5.41, 5.74) is 7.57. The van der Waals surface area contributed by atoms with E-state index in [1.165, 1.54) is 31.2 Å². The number of halogens is 1. The number of aliphatic imine (C=N–C) groups is 1. The van der Waals surface area contributed by atoms with Crippen LogP contribution in [0, 0.1) is 0 Å². The van der Waals surface area contributed by atoms with Crippen molar-refractivity contribution in [2.45, 2.75) is 50.6 Å². The Hall–Kier alpha value is -1.03. The highest BCUT2D eigenvalue weighted by molar-refractivity contribution is 9.10. The van der Waals surface area contributed by atoms with Gasteiger partial charge in [-0.1, -0.05) is 40.9 Å². The molecule has 0 amide bonds. The van der Waals surface area contributed by atoms with E-state index in [9.17, 15) is 0 Å². The lowest BCUT2D eigenvalue weighted by Gasteiger charge is -2.40. The highest BCUT2D eigenvalue weighted by Crippen LogP contribution is 2.34. The van der Waals surface area contributed by atoms with Gasteiger partial charge in [0.25, 0.3) is 0 Å². The number of nitrogens with zero attached hydrogens (tertiary/aromatic N) is 2. The summed E-state index contributed by atoms with van der Waals surface area (Å²) < 4.78 is 1.13. The highest BCUT2D eigenvalue weighted by Gasteiger charge is 2.42. The minimum atomic E-state index is 0.0346. The first-order valence-electron chi connectivity index (χ1n) is 7.42. The average molecular weight is 336 g/mol. The van der Waals surface area contributed by atoms with Crippen molar-refractivity contribution in [3.8, 4) is 0 Å². The zero-order chi connectivity index (χ0) is 14.2. The van der Waals surface area contributed by atoms with Crippen LogP contribution in [0.15, 0.2) is 33.7 Å². The molecule has 1 aliphatic carbocycles. The molecule has 1 aromatic rings. The summed E-state index contributed by atoms with van der Waals surface area (Å²) in [6.07, 6.45) is 6.16. The zero-order valence-corrected chi connectivity index (χ0v) is 13.6. The maximum atomic E-state index is 6.18. The molecule has 2 N–H and O–H groups in total. The normalized spacial score (nSPS) is 27.1. The summed E-state index contributed by atoms with van der Waals surface area (Å²) in [6, 6.07) is 9.18. The molecule has 4 heteroatoms. The number of hydrogen-bond donors (Lipinski definition) is 1. The van der Waals surface area contributed by atoms with Crippen molar-refractivity contribution < 1.29 is 0 Å². The number of nitrogens with two attached hydrogens (primary N) is 1. The molecule has 1 heterocycles. The lowest BCUT2D eigenvalue weighted by Crippen LogP contribution is -2.55. The smallest absolute Gasteiger partial charge is 0.192 e. The van der Waals surface area contributed by atoms with E-state index in [1.807, 2.05) is 0 Å². The molecule has 108 valence electrons. The lowest BCUT2D eigenvalue weighted by molar-refractivity contribution is 0.166. The van der Waals surface area contributed by atoms with Gasteiger partial charge in [-0.25, -0.2) is 0 Å². The van der Waals surface area contributed by atoms with E-state index in [0.29, 0.717) is 6.04 Å². The van der Waals surface area contributed by atoms with E-state index < -0.39 is 0 Å². The first kappa shape index (κ1) is 13.9. The third kappa shape index (κ3) is 2.58. The standard InChI is InChI=1S/C16H22BrN3/c1-16(10-12-6-8-13(17)9-7-12)11-19-15(18)20(16)14-4-2-3-5-14/h6-9,14H,2-5,10-11H2,1H3,(H2,18,19). The number of benzene rings is 1. The van der Waals surface area contributed by atoms with Gasteiger partial charge in [-0.15, -0.1) is 0 Å². The first-order chi connectivity index (χ1) is 9.58. The van der Waals surface area contributed by atoms with Crippen LogP contribution in [0.1, 0.15) is 38.2 Å². The monoisotopic (exact) mass is 335 g/mol. The van der Waals surface area contributed by atoms with Crippen LogP contribution in [-0.2, 0) is 6.42 Å². The van der Waals surface area contributed by atoms with Crippen molar-refractivity contribution in [2.75, 3.05) is 6.54 Å². The third-order valence-electron chi connectivity index (χ3n) is 4.60. The molecule has 1 fully saturated rings. The molecule has 0 saturated heterocycles. The second-order valence-corrected chi connectivity index (χ2v) is 7.20. The molecule has 1 atom stereocenters. The fourth-order valence-corrected chi connectivity index (χ4v) is 3.92. The van der Waals surface area contributed by atoms with Crippen LogP contribution in [0.4, 0.5) is 0 Å². The minimum absolute atomic E-state index is 0.0346. The molecule has 1 aromatic carbocycles. The average Bonchev–Trinajstić information content (AvgIpc) is 3.01. The maximum Gasteiger partial charge on any atom is 0.192 e. The van der Waals surface area contributed by atoms with E-state index in [0.717, 1.165) is 23.4 Å². The lowest BCUT2D eigenvalue weighted by atomic mass is 9.90. The van der Waals surface area contributed by atoms with E-state index in [1.54, 1.807) is 0 Å². The van der Waals surface area contributed by atoms with Crippen molar-refractivity contribution in [3.63, 3.8) is 0 Å². The molecule has 0 bridgehead atoms. The van der Waals surface area contributed by atoms with Crippen LogP contribution in [0.25, 0.3) is 0 Å². The Morgan fingerprint density at radius 1 is 1.30 bits per heavy atom. The zero-order valence-electron chi connectivity index (χ0n) is 12.0. The van der Waals surface area contributed by atoms with Crippen molar-refractivity contribution in [2.24, 2.45) is 10.7 Å². The Bertz CT molecular complexity index is 505. The Labute approximate surface area is 129 Å². The topological polar surface area (TPSA) is 41.6 Å². The number of rotatable bonds is 3. The summed E-state index contributed by atoms with van der Waals surface area (Å²) >= 11 is 3.49. The van der Waals surface area contributed by atoms with E-state index in [4.69, 9.17) is 5.73 Å². The van der Waals surface area contributed by atoms with Gasteiger partial charge in [0.05, 0.1) is 12.1 Å². The summed E-state index contributed by atoms with van der Waals surface area (Å²) in [4.78, 5) is 6.94. The molecule has 3 nitrogen and oxygen atoms in total. The Kier molecular flexibility index (Phi) is 3.76. The summed E-state index contributed by atoms with van der Waals surface area (Å²) in [5.74, 6) is 0.747. The molecule has 0 radical (unpaired) electrons. The number of guanidine groups is 1. The molecule has 1 unspecified atom stereocenters. The fraction of sp³-hybridized carbons (Fsp3) is 0.562. The molecule has 1 saturated carbocycles. The van der Waals surface area contributed by atoms with Crippen molar-refractivity contribution in [3.05, 3.63) is 34.3 Å². The van der Waals surface area contributed by atoms with Gasteiger partial charge in [-0.3, -0.25) is 4.99 Å². The molecule has 0 spiro atoms. The molecular formula is C16H22BrN3. The van der Waals surface area contributed by atoms with Gasteiger partial charge in [0, 0.05) is 10.5 Å². The van der Waals surface area contributed by atoms with Crippen molar-refractivity contribution in [1.29, 1.82) is 0 Å². The molecule has 2 aliphatic rings. The van der Waals surface area contributed by atoms with Gasteiger partial charge >= 0.3 is 0 Å². The van der Waals surface area contributed by atoms with E-state index in [-0.39, 0.29) is 5.54 Å². The van der Waals surface area contributed by atoms with Crippen LogP contribution < -0.4 is 5.73 Å². The van der Waals surface area contributed by atoms with E-state index in [2.05, 4.69) is 57.0 Å². The Balaban J connectivity index is 1.80. The van der Waals surface area contributed by atoms with Crippen LogP contribution in [0.3, 0.4) is 0 Å². The largest absolute Gasteiger partial charge is 0.370 e. The maximum absolute atomic E-state index is 6.18. The fourth-order valence-electron chi connectivity index (χ4n) is 3.65. The van der Waals surface area contributed by atoms with Gasteiger partial charge in [-0.05, 0) is 43.9 Å². The van der Waals surface area contributed by atoms with Crippen LogP contribution >= 0.6 is 15.9 Å². The summed E-state index contributed by atoms with van der Waals surface area (Å²) in [6.45, 7) is 3.11. The quantitative estimate of drug-likeness (QED) is 0.920. The minimum Gasteiger partial charge on any atom is -0.370 e. The second kappa shape index (κ2) is 5.40. The third-order valence-corrected chi connectivity index (χ3v) is 5.13.